The van der Waals surface area contributed by atoms with Gasteiger partial charge in [0.05, 0.1) is 0 Å². The third-order valence-corrected chi connectivity index (χ3v) is 2.54. The van der Waals surface area contributed by atoms with Crippen LogP contribution in [-0.4, -0.2) is 0 Å². The Labute approximate surface area is 95.0 Å². The van der Waals surface area contributed by atoms with E-state index in [-0.39, 0.29) is 9.90 Å². The molecule has 0 N–H and O–H groups in total. The van der Waals surface area contributed by atoms with Crippen molar-refractivity contribution < 1.29 is 0 Å². The summed E-state index contributed by atoms with van der Waals surface area (Å²) in [6.45, 7) is 4.32. The Hall–Kier alpha value is -1.13. The maximum absolute atomic E-state index is 2.16. The summed E-state index contributed by atoms with van der Waals surface area (Å²) in [7, 11) is 0. The van der Waals surface area contributed by atoms with Gasteiger partial charge in [-0.25, -0.2) is 0 Å². The highest BCUT2D eigenvalue weighted by atomic mass is 31.0. The lowest BCUT2D eigenvalue weighted by atomic mass is 9.96. The quantitative estimate of drug-likeness (QED) is 0.595. The van der Waals surface area contributed by atoms with Gasteiger partial charge in [-0.2, -0.15) is 0 Å². The summed E-state index contributed by atoms with van der Waals surface area (Å²) < 4.78 is 0. The maximum Gasteiger partial charge on any atom is 0 e. The van der Waals surface area contributed by atoms with Gasteiger partial charge in [-0.3, -0.25) is 0 Å². The first kappa shape index (κ1) is 11.9. The van der Waals surface area contributed by atoms with E-state index in [9.17, 15) is 0 Å². The summed E-state index contributed by atoms with van der Waals surface area (Å²) in [6.07, 6.45) is 0. The van der Waals surface area contributed by atoms with Gasteiger partial charge in [0.25, 0.3) is 0 Å². The molecule has 0 spiro atoms. The highest BCUT2D eigenvalue weighted by Crippen LogP contribution is 2.26. The van der Waals surface area contributed by atoms with Crippen molar-refractivity contribution in [2.24, 2.45) is 0 Å². The second-order valence-corrected chi connectivity index (χ2v) is 3.63. The van der Waals surface area contributed by atoms with Crippen LogP contribution in [0.2, 0.25) is 0 Å². The Morgan fingerprint density at radius 3 is 1.73 bits per heavy atom. The van der Waals surface area contributed by atoms with Crippen LogP contribution in [0.1, 0.15) is 11.1 Å². The second-order valence-electron chi connectivity index (χ2n) is 3.63. The zero-order valence-electron chi connectivity index (χ0n) is 9.07. The summed E-state index contributed by atoms with van der Waals surface area (Å²) in [4.78, 5) is 0. The molecule has 0 fully saturated rings. The van der Waals surface area contributed by atoms with Crippen LogP contribution in [0.25, 0.3) is 11.1 Å². The third-order valence-electron chi connectivity index (χ3n) is 2.54. The van der Waals surface area contributed by atoms with Gasteiger partial charge in [-0.15, -0.1) is 0 Å². The first-order valence-electron chi connectivity index (χ1n) is 4.90. The standard InChI is InChI=1S/C14H14.P/c1-11-7-6-8-12(2)14(11)13-9-4-3-5-10-13;/h3-10H,1-2H3;. The van der Waals surface area contributed by atoms with E-state index < -0.39 is 0 Å². The molecule has 0 aromatic heterocycles. The van der Waals surface area contributed by atoms with Crippen molar-refractivity contribution >= 4 is 9.90 Å². The Morgan fingerprint density at radius 2 is 1.20 bits per heavy atom. The van der Waals surface area contributed by atoms with Crippen LogP contribution in [0.5, 0.6) is 0 Å². The number of aryl methyl sites for hydroxylation is 2. The Bertz CT molecular complexity index is 412. The van der Waals surface area contributed by atoms with E-state index in [1.807, 2.05) is 0 Å². The van der Waals surface area contributed by atoms with Crippen molar-refractivity contribution in [3.63, 3.8) is 0 Å². The van der Waals surface area contributed by atoms with Crippen LogP contribution in [0.15, 0.2) is 48.5 Å². The fourth-order valence-corrected chi connectivity index (χ4v) is 1.87. The highest BCUT2D eigenvalue weighted by molar-refractivity contribution is 6.92. The lowest BCUT2D eigenvalue weighted by Gasteiger charge is -2.09. The molecule has 0 atom stereocenters. The molecule has 0 heterocycles. The van der Waals surface area contributed by atoms with Gasteiger partial charge in [0, 0.05) is 9.90 Å². The van der Waals surface area contributed by atoms with Crippen molar-refractivity contribution in [2.45, 2.75) is 13.8 Å². The zero-order valence-corrected chi connectivity index (χ0v) is 9.96. The van der Waals surface area contributed by atoms with Crippen LogP contribution < -0.4 is 0 Å². The van der Waals surface area contributed by atoms with Gasteiger partial charge in [0.2, 0.25) is 0 Å². The van der Waals surface area contributed by atoms with Gasteiger partial charge in [0.1, 0.15) is 0 Å². The molecular formula is C14H14P. The minimum atomic E-state index is 0. The molecule has 2 rings (SSSR count). The molecule has 0 saturated heterocycles. The molecule has 3 radical (unpaired) electrons. The summed E-state index contributed by atoms with van der Waals surface area (Å²) in [6, 6.07) is 17.0. The van der Waals surface area contributed by atoms with Crippen LogP contribution in [0.3, 0.4) is 0 Å². The Balaban J connectivity index is 0.00000112. The second kappa shape index (κ2) is 5.09. The SMILES string of the molecule is Cc1cccc(C)c1-c1ccccc1.[P]. The van der Waals surface area contributed by atoms with Crippen molar-refractivity contribution in [1.82, 2.24) is 0 Å². The number of rotatable bonds is 1. The van der Waals surface area contributed by atoms with Crippen molar-refractivity contribution in [3.05, 3.63) is 59.7 Å². The van der Waals surface area contributed by atoms with Crippen molar-refractivity contribution in [3.8, 4) is 11.1 Å². The van der Waals surface area contributed by atoms with Crippen LogP contribution in [0, 0.1) is 13.8 Å². The molecule has 0 unspecified atom stereocenters. The lowest BCUT2D eigenvalue weighted by Crippen LogP contribution is -1.86. The summed E-state index contributed by atoms with van der Waals surface area (Å²) in [5, 5.41) is 0. The van der Waals surface area contributed by atoms with Crippen LogP contribution in [0.4, 0.5) is 0 Å². The number of benzene rings is 2. The van der Waals surface area contributed by atoms with E-state index in [2.05, 4.69) is 62.4 Å². The largest absolute Gasteiger partial charge is 0.0622 e. The molecule has 15 heavy (non-hydrogen) atoms. The van der Waals surface area contributed by atoms with Crippen molar-refractivity contribution in [2.75, 3.05) is 0 Å². The predicted molar refractivity (Wildman–Crippen MR) is 68.3 cm³/mol. The summed E-state index contributed by atoms with van der Waals surface area (Å²) in [5.41, 5.74) is 5.36. The van der Waals surface area contributed by atoms with Crippen LogP contribution in [-0.2, 0) is 0 Å². The molecular weight excluding hydrogens is 199 g/mol. The molecule has 75 valence electrons. The van der Waals surface area contributed by atoms with Gasteiger partial charge >= 0.3 is 0 Å². The van der Waals surface area contributed by atoms with Crippen molar-refractivity contribution in [1.29, 1.82) is 0 Å². The lowest BCUT2D eigenvalue weighted by molar-refractivity contribution is 1.38. The normalized spacial score (nSPS) is 9.47. The number of hydrogen-bond donors (Lipinski definition) is 0. The zero-order chi connectivity index (χ0) is 9.97. The smallest absolute Gasteiger partial charge is 0 e. The fraction of sp³-hybridized carbons (Fsp3) is 0.143. The molecule has 0 bridgehead atoms. The topological polar surface area (TPSA) is 0 Å². The molecule has 2 aromatic rings. The van der Waals surface area contributed by atoms with E-state index in [0.29, 0.717) is 0 Å². The molecule has 1 heteroatoms. The first-order chi connectivity index (χ1) is 6.79. The molecule has 0 aliphatic rings. The highest BCUT2D eigenvalue weighted by Gasteiger charge is 2.03. The Morgan fingerprint density at radius 1 is 0.667 bits per heavy atom. The molecule has 0 amide bonds. The third kappa shape index (κ3) is 2.46. The van der Waals surface area contributed by atoms with Gasteiger partial charge in [0.15, 0.2) is 0 Å². The molecule has 0 aliphatic carbocycles. The maximum atomic E-state index is 2.16. The van der Waals surface area contributed by atoms with E-state index >= 15 is 0 Å². The first-order valence-corrected chi connectivity index (χ1v) is 4.90. The van der Waals surface area contributed by atoms with Gasteiger partial charge in [-0.1, -0.05) is 48.5 Å². The molecule has 0 aliphatic heterocycles. The van der Waals surface area contributed by atoms with E-state index in [1.165, 1.54) is 22.3 Å². The van der Waals surface area contributed by atoms with E-state index in [0.717, 1.165) is 0 Å². The number of hydrogen-bond acceptors (Lipinski definition) is 0. The average molecular weight is 213 g/mol. The minimum Gasteiger partial charge on any atom is -0.0622 e. The van der Waals surface area contributed by atoms with E-state index in [1.54, 1.807) is 0 Å². The molecule has 0 nitrogen and oxygen atoms in total. The monoisotopic (exact) mass is 213 g/mol. The summed E-state index contributed by atoms with van der Waals surface area (Å²) in [5.74, 6) is 0. The molecule has 0 saturated carbocycles. The predicted octanol–water partition coefficient (Wildman–Crippen LogP) is 4.83. The van der Waals surface area contributed by atoms with E-state index in [4.69, 9.17) is 0 Å². The summed E-state index contributed by atoms with van der Waals surface area (Å²) >= 11 is 0. The van der Waals surface area contributed by atoms with Gasteiger partial charge in [-0.05, 0) is 36.1 Å². The van der Waals surface area contributed by atoms with Gasteiger partial charge < -0.3 is 0 Å². The Kier molecular flexibility index (Phi) is 4.05. The average Bonchev–Trinajstić information content (AvgIpc) is 2.19. The fourth-order valence-electron chi connectivity index (χ4n) is 1.87. The molecule has 2 aromatic carbocycles. The van der Waals surface area contributed by atoms with Crippen LogP contribution >= 0.6 is 9.90 Å². The minimum absolute atomic E-state index is 0.